The summed E-state index contributed by atoms with van der Waals surface area (Å²) in [4.78, 5) is 3.97. The molecule has 0 N–H and O–H groups in total. The number of alkyl halides is 2. The lowest BCUT2D eigenvalue weighted by molar-refractivity contribution is 0.245. The molecule has 5 nitrogen and oxygen atoms in total. The number of halogens is 2. The van der Waals surface area contributed by atoms with Crippen molar-refractivity contribution in [1.82, 2.24) is 14.8 Å². The van der Waals surface area contributed by atoms with Crippen LogP contribution in [0.15, 0.2) is 35.5 Å². The molecule has 1 aromatic carbocycles. The van der Waals surface area contributed by atoms with E-state index in [1.807, 2.05) is 30.3 Å². The highest BCUT2D eigenvalue weighted by atomic mass is 32.2. The fraction of sp³-hybridized carbons (Fsp3) is 0.500. The van der Waals surface area contributed by atoms with Crippen molar-refractivity contribution in [3.63, 3.8) is 0 Å². The van der Waals surface area contributed by atoms with E-state index in [0.29, 0.717) is 0 Å². The molecule has 2 aromatic rings. The minimum atomic E-state index is -3.73. The molecule has 1 fully saturated rings. The van der Waals surface area contributed by atoms with Crippen molar-refractivity contribution >= 4 is 9.84 Å². The number of rotatable bonds is 4. The third-order valence-corrected chi connectivity index (χ3v) is 6.88. The number of fused-ring (bicyclic) bond motifs is 1. The van der Waals surface area contributed by atoms with Crippen LogP contribution in [0.5, 0.6) is 0 Å². The predicted molar refractivity (Wildman–Crippen MR) is 82.7 cm³/mol. The van der Waals surface area contributed by atoms with Gasteiger partial charge in [0, 0.05) is 6.42 Å². The van der Waals surface area contributed by atoms with Gasteiger partial charge in [0.1, 0.15) is 0 Å². The average molecular weight is 353 g/mol. The third kappa shape index (κ3) is 2.35. The predicted octanol–water partition coefficient (Wildman–Crippen LogP) is 2.80. The van der Waals surface area contributed by atoms with E-state index in [1.54, 1.807) is 0 Å². The van der Waals surface area contributed by atoms with Crippen molar-refractivity contribution in [3.05, 3.63) is 41.7 Å². The molecule has 24 heavy (non-hydrogen) atoms. The Morgan fingerprint density at radius 2 is 1.88 bits per heavy atom. The molecule has 2 atom stereocenters. The first-order valence-electron chi connectivity index (χ1n) is 7.96. The molecule has 8 heteroatoms. The lowest BCUT2D eigenvalue weighted by Crippen LogP contribution is -2.37. The van der Waals surface area contributed by atoms with Gasteiger partial charge in [-0.15, -0.1) is 5.10 Å². The molecule has 0 unspecified atom stereocenters. The van der Waals surface area contributed by atoms with Crippen molar-refractivity contribution < 1.29 is 17.2 Å². The minimum absolute atomic E-state index is 0.0591. The molecule has 0 amide bonds. The van der Waals surface area contributed by atoms with Crippen LogP contribution >= 0.6 is 0 Å². The van der Waals surface area contributed by atoms with Crippen molar-refractivity contribution in [1.29, 1.82) is 0 Å². The normalized spacial score (nSPS) is 29.2. The van der Waals surface area contributed by atoms with Gasteiger partial charge in [-0.25, -0.2) is 17.5 Å². The van der Waals surface area contributed by atoms with Gasteiger partial charge in [-0.3, -0.25) is 4.39 Å². The number of benzene rings is 1. The van der Waals surface area contributed by atoms with Gasteiger partial charge in [0.2, 0.25) is 9.84 Å². The molecule has 128 valence electrons. The maximum absolute atomic E-state index is 14.3. The zero-order valence-electron chi connectivity index (χ0n) is 12.8. The maximum atomic E-state index is 14.3. The van der Waals surface area contributed by atoms with Crippen LogP contribution in [0.25, 0.3) is 0 Å². The number of hydrogen-bond donors (Lipinski definition) is 0. The number of hydrogen-bond acceptors (Lipinski definition) is 4. The zero-order valence-corrected chi connectivity index (χ0v) is 13.7. The first kappa shape index (κ1) is 15.7. The summed E-state index contributed by atoms with van der Waals surface area (Å²) in [5.74, 6) is -0.144. The fourth-order valence-corrected chi connectivity index (χ4v) is 5.21. The topological polar surface area (TPSA) is 64.8 Å². The van der Waals surface area contributed by atoms with Gasteiger partial charge in [0.15, 0.2) is 12.0 Å². The Balaban J connectivity index is 1.66. The van der Waals surface area contributed by atoms with E-state index in [0.717, 1.165) is 5.56 Å². The van der Waals surface area contributed by atoms with Crippen LogP contribution in [0, 0.1) is 5.92 Å². The quantitative estimate of drug-likeness (QED) is 0.848. The molecular formula is C16H17F2N3O2S. The summed E-state index contributed by atoms with van der Waals surface area (Å²) in [5.41, 5.74) is 0.869. The Hall–Kier alpha value is -1.83. The largest absolute Gasteiger partial charge is 0.267 e. The summed E-state index contributed by atoms with van der Waals surface area (Å²) in [6, 6.07) is 8.93. The highest BCUT2D eigenvalue weighted by Crippen LogP contribution is 2.41. The van der Waals surface area contributed by atoms with Crippen molar-refractivity contribution in [2.24, 2.45) is 5.92 Å². The van der Waals surface area contributed by atoms with Crippen molar-refractivity contribution in [2.45, 2.75) is 41.9 Å². The third-order valence-electron chi connectivity index (χ3n) is 4.93. The Morgan fingerprint density at radius 1 is 1.17 bits per heavy atom. The van der Waals surface area contributed by atoms with Crippen LogP contribution in [-0.2, 0) is 9.84 Å². The molecule has 4 rings (SSSR count). The van der Waals surface area contributed by atoms with Crippen LogP contribution in [0.2, 0.25) is 0 Å². The standard InChI is InChI=1S/C16H17F2N3O2S/c17-9-10-6-12(7-10)24(22,23)16-19-15-13(18)8-14(21(15)20-16)11-4-2-1-3-5-11/h1-5,10,12-14H,6-9H2/t10-,12+,13-,14-/m0/s1. The summed E-state index contributed by atoms with van der Waals surface area (Å²) < 4.78 is 53.3. The molecule has 1 aliphatic carbocycles. The van der Waals surface area contributed by atoms with Gasteiger partial charge in [-0.1, -0.05) is 30.3 Å². The number of aromatic nitrogens is 3. The molecule has 0 bridgehead atoms. The number of sulfone groups is 1. The van der Waals surface area contributed by atoms with Crippen LogP contribution in [0.3, 0.4) is 0 Å². The highest BCUT2D eigenvalue weighted by Gasteiger charge is 2.44. The molecule has 1 aromatic heterocycles. The van der Waals surface area contributed by atoms with Gasteiger partial charge in [0.05, 0.1) is 18.0 Å². The van der Waals surface area contributed by atoms with Crippen LogP contribution in [0.1, 0.15) is 42.9 Å². The molecular weight excluding hydrogens is 336 g/mol. The molecule has 0 radical (unpaired) electrons. The van der Waals surface area contributed by atoms with Crippen LogP contribution in [-0.4, -0.2) is 35.1 Å². The molecule has 1 aliphatic heterocycles. The molecule has 2 aliphatic rings. The van der Waals surface area contributed by atoms with Crippen molar-refractivity contribution in [3.8, 4) is 0 Å². The van der Waals surface area contributed by atoms with Gasteiger partial charge in [-0.05, 0) is 24.3 Å². The van der Waals surface area contributed by atoms with Gasteiger partial charge in [0.25, 0.3) is 5.16 Å². The van der Waals surface area contributed by atoms with E-state index in [1.165, 1.54) is 4.68 Å². The SMILES string of the molecule is O=S(=O)(c1nc2n(n1)[C@H](c1ccccc1)C[C@@H]2F)[C@H]1C[C@@H](CF)C1. The lowest BCUT2D eigenvalue weighted by atomic mass is 9.86. The second-order valence-electron chi connectivity index (χ2n) is 6.49. The van der Waals surface area contributed by atoms with Crippen LogP contribution < -0.4 is 0 Å². The zero-order chi connectivity index (χ0) is 16.9. The Labute approximate surface area is 138 Å². The van der Waals surface area contributed by atoms with Gasteiger partial charge >= 0.3 is 0 Å². The Kier molecular flexibility index (Phi) is 3.67. The monoisotopic (exact) mass is 353 g/mol. The van der Waals surface area contributed by atoms with E-state index < -0.39 is 27.9 Å². The summed E-state index contributed by atoms with van der Waals surface area (Å²) in [7, 11) is -3.73. The first-order valence-corrected chi connectivity index (χ1v) is 9.50. The molecule has 1 saturated carbocycles. The molecule has 0 spiro atoms. The summed E-state index contributed by atoms with van der Waals surface area (Å²) in [5, 5.41) is 3.12. The smallest absolute Gasteiger partial charge is 0.251 e. The first-order chi connectivity index (χ1) is 11.5. The number of nitrogens with zero attached hydrogens (tertiary/aromatic N) is 3. The Bertz CT molecular complexity index is 847. The second kappa shape index (κ2) is 5.61. The Morgan fingerprint density at radius 3 is 2.54 bits per heavy atom. The van der Waals surface area contributed by atoms with E-state index in [4.69, 9.17) is 0 Å². The summed E-state index contributed by atoms with van der Waals surface area (Å²) in [6.07, 6.45) is -0.576. The van der Waals surface area contributed by atoms with E-state index >= 15 is 0 Å². The van der Waals surface area contributed by atoms with E-state index in [-0.39, 0.29) is 42.2 Å². The minimum Gasteiger partial charge on any atom is -0.251 e. The second-order valence-corrected chi connectivity index (χ2v) is 8.61. The van der Waals surface area contributed by atoms with E-state index in [9.17, 15) is 17.2 Å². The summed E-state index contributed by atoms with van der Waals surface area (Å²) >= 11 is 0. The van der Waals surface area contributed by atoms with E-state index in [2.05, 4.69) is 10.1 Å². The van der Waals surface area contributed by atoms with Gasteiger partial charge in [-0.2, -0.15) is 4.98 Å². The highest BCUT2D eigenvalue weighted by molar-refractivity contribution is 7.91. The van der Waals surface area contributed by atoms with Crippen molar-refractivity contribution in [2.75, 3.05) is 6.67 Å². The lowest BCUT2D eigenvalue weighted by Gasteiger charge is -2.31. The van der Waals surface area contributed by atoms with Crippen LogP contribution in [0.4, 0.5) is 8.78 Å². The maximum Gasteiger partial charge on any atom is 0.267 e. The molecule has 2 heterocycles. The fourth-order valence-electron chi connectivity index (χ4n) is 3.44. The average Bonchev–Trinajstić information content (AvgIpc) is 3.08. The molecule has 0 saturated heterocycles. The van der Waals surface area contributed by atoms with Gasteiger partial charge < -0.3 is 0 Å². The summed E-state index contributed by atoms with van der Waals surface area (Å²) in [6.45, 7) is -0.512.